The molecule has 2 N–H and O–H groups in total. The summed E-state index contributed by atoms with van der Waals surface area (Å²) in [5.74, 6) is 0. The van der Waals surface area contributed by atoms with Crippen molar-refractivity contribution < 1.29 is 8.42 Å². The SMILES string of the molecule is CCNc1ccncc1S(=O)(=O)NC1CCC(SC)C1. The van der Waals surface area contributed by atoms with Gasteiger partial charge in [-0.2, -0.15) is 11.8 Å². The van der Waals surface area contributed by atoms with Gasteiger partial charge in [0.25, 0.3) is 0 Å². The van der Waals surface area contributed by atoms with Crippen molar-refractivity contribution >= 4 is 27.5 Å². The molecular weight excluding hydrogens is 294 g/mol. The molecule has 112 valence electrons. The van der Waals surface area contributed by atoms with E-state index in [0.29, 0.717) is 17.5 Å². The molecule has 1 aromatic rings. The number of pyridine rings is 1. The Bertz CT molecular complexity index is 548. The summed E-state index contributed by atoms with van der Waals surface area (Å²) >= 11 is 1.81. The number of sulfonamides is 1. The minimum absolute atomic E-state index is 0.0344. The quantitative estimate of drug-likeness (QED) is 0.841. The molecule has 0 saturated heterocycles. The Balaban J connectivity index is 2.14. The number of aromatic nitrogens is 1. The Morgan fingerprint density at radius 1 is 1.45 bits per heavy atom. The first kappa shape index (κ1) is 15.6. The maximum Gasteiger partial charge on any atom is 0.244 e. The Kier molecular flexibility index (Phi) is 5.29. The Morgan fingerprint density at radius 3 is 2.90 bits per heavy atom. The molecular formula is C13H21N3O2S2. The second-order valence-electron chi connectivity index (χ2n) is 4.89. The molecule has 1 aliphatic carbocycles. The molecule has 0 aliphatic heterocycles. The summed E-state index contributed by atoms with van der Waals surface area (Å²) in [5, 5.41) is 3.62. The van der Waals surface area contributed by atoms with Crippen molar-refractivity contribution in [3.8, 4) is 0 Å². The van der Waals surface area contributed by atoms with Crippen molar-refractivity contribution in [2.24, 2.45) is 0 Å². The van der Waals surface area contributed by atoms with Crippen LogP contribution in [0.4, 0.5) is 5.69 Å². The third-order valence-electron chi connectivity index (χ3n) is 3.48. The molecule has 1 aromatic heterocycles. The minimum Gasteiger partial charge on any atom is -0.384 e. The fourth-order valence-corrected chi connectivity index (χ4v) is 4.68. The fourth-order valence-electron chi connectivity index (χ4n) is 2.47. The van der Waals surface area contributed by atoms with Crippen LogP contribution in [-0.4, -0.2) is 37.5 Å². The van der Waals surface area contributed by atoms with Gasteiger partial charge in [-0.25, -0.2) is 13.1 Å². The highest BCUT2D eigenvalue weighted by Gasteiger charge is 2.29. The van der Waals surface area contributed by atoms with Crippen LogP contribution in [0.25, 0.3) is 0 Å². The van der Waals surface area contributed by atoms with Crippen LogP contribution in [0.3, 0.4) is 0 Å². The van der Waals surface area contributed by atoms with Crippen LogP contribution in [0.15, 0.2) is 23.4 Å². The summed E-state index contributed by atoms with van der Waals surface area (Å²) in [6.07, 6.45) is 7.95. The lowest BCUT2D eigenvalue weighted by Gasteiger charge is -2.15. The molecule has 2 unspecified atom stereocenters. The molecule has 0 amide bonds. The molecule has 20 heavy (non-hydrogen) atoms. The van der Waals surface area contributed by atoms with Crippen LogP contribution in [0.2, 0.25) is 0 Å². The summed E-state index contributed by atoms with van der Waals surface area (Å²) in [7, 11) is -3.51. The number of hydrogen-bond acceptors (Lipinski definition) is 5. The number of nitrogens with zero attached hydrogens (tertiary/aromatic N) is 1. The Hall–Kier alpha value is -0.790. The summed E-state index contributed by atoms with van der Waals surface area (Å²) in [6, 6.07) is 1.73. The van der Waals surface area contributed by atoms with Crippen molar-refractivity contribution in [3.63, 3.8) is 0 Å². The largest absolute Gasteiger partial charge is 0.384 e. The van der Waals surface area contributed by atoms with Crippen molar-refractivity contribution in [2.75, 3.05) is 18.1 Å². The van der Waals surface area contributed by atoms with Gasteiger partial charge >= 0.3 is 0 Å². The summed E-state index contributed by atoms with van der Waals surface area (Å²) in [6.45, 7) is 2.61. The van der Waals surface area contributed by atoms with Gasteiger partial charge in [-0.05, 0) is 38.5 Å². The Labute approximate surface area is 125 Å². The second-order valence-corrected chi connectivity index (χ2v) is 7.71. The normalized spacial score (nSPS) is 22.9. The van der Waals surface area contributed by atoms with Gasteiger partial charge in [-0.1, -0.05) is 0 Å². The summed E-state index contributed by atoms with van der Waals surface area (Å²) in [4.78, 5) is 4.17. The van der Waals surface area contributed by atoms with Gasteiger partial charge in [0.05, 0.1) is 5.69 Å². The molecule has 2 atom stereocenters. The molecule has 0 aromatic carbocycles. The topological polar surface area (TPSA) is 71.1 Å². The molecule has 0 spiro atoms. The third-order valence-corrected chi connectivity index (χ3v) is 6.12. The lowest BCUT2D eigenvalue weighted by atomic mass is 10.3. The van der Waals surface area contributed by atoms with Crippen LogP contribution in [0, 0.1) is 0 Å². The zero-order valence-corrected chi connectivity index (χ0v) is 13.4. The van der Waals surface area contributed by atoms with Crippen molar-refractivity contribution in [3.05, 3.63) is 18.5 Å². The van der Waals surface area contributed by atoms with E-state index in [4.69, 9.17) is 0 Å². The maximum absolute atomic E-state index is 12.5. The molecule has 1 aliphatic rings. The van der Waals surface area contributed by atoms with Crippen molar-refractivity contribution in [1.29, 1.82) is 0 Å². The first-order chi connectivity index (χ1) is 9.56. The average molecular weight is 315 g/mol. The van der Waals surface area contributed by atoms with Gasteiger partial charge in [-0.15, -0.1) is 0 Å². The lowest BCUT2D eigenvalue weighted by molar-refractivity contribution is 0.552. The van der Waals surface area contributed by atoms with Crippen molar-refractivity contribution in [1.82, 2.24) is 9.71 Å². The zero-order chi connectivity index (χ0) is 14.6. The molecule has 0 bridgehead atoms. The van der Waals surface area contributed by atoms with Crippen LogP contribution >= 0.6 is 11.8 Å². The monoisotopic (exact) mass is 315 g/mol. The van der Waals surface area contributed by atoms with Gasteiger partial charge in [0.1, 0.15) is 4.90 Å². The smallest absolute Gasteiger partial charge is 0.244 e. The molecule has 1 heterocycles. The molecule has 5 nitrogen and oxygen atoms in total. The van der Waals surface area contributed by atoms with E-state index in [1.165, 1.54) is 6.20 Å². The summed E-state index contributed by atoms with van der Waals surface area (Å²) < 4.78 is 27.8. The highest BCUT2D eigenvalue weighted by Crippen LogP contribution is 2.29. The van der Waals surface area contributed by atoms with E-state index in [-0.39, 0.29) is 10.9 Å². The standard InChI is InChI=1S/C13H21N3O2S2/c1-3-15-12-6-7-14-9-13(12)20(17,18)16-10-4-5-11(8-10)19-2/h6-7,9-11,16H,3-5,8H2,1-2H3,(H,14,15). The van der Waals surface area contributed by atoms with Gasteiger partial charge in [0, 0.05) is 30.2 Å². The predicted molar refractivity (Wildman–Crippen MR) is 83.7 cm³/mol. The number of hydrogen-bond donors (Lipinski definition) is 2. The number of thioether (sulfide) groups is 1. The minimum atomic E-state index is -3.51. The van der Waals surface area contributed by atoms with E-state index in [2.05, 4.69) is 21.3 Å². The molecule has 1 fully saturated rings. The first-order valence-corrected chi connectivity index (χ1v) is 9.57. The van der Waals surface area contributed by atoms with E-state index in [1.807, 2.05) is 18.7 Å². The first-order valence-electron chi connectivity index (χ1n) is 6.79. The van der Waals surface area contributed by atoms with E-state index in [0.717, 1.165) is 19.3 Å². The van der Waals surface area contributed by atoms with Gasteiger partial charge in [0.2, 0.25) is 10.0 Å². The average Bonchev–Trinajstić information content (AvgIpc) is 2.86. The highest BCUT2D eigenvalue weighted by atomic mass is 32.2. The van der Waals surface area contributed by atoms with E-state index in [9.17, 15) is 8.42 Å². The van der Waals surface area contributed by atoms with E-state index in [1.54, 1.807) is 12.3 Å². The van der Waals surface area contributed by atoms with Gasteiger partial charge < -0.3 is 5.32 Å². The van der Waals surface area contributed by atoms with Crippen LogP contribution in [-0.2, 0) is 10.0 Å². The van der Waals surface area contributed by atoms with E-state index >= 15 is 0 Å². The van der Waals surface area contributed by atoms with Crippen LogP contribution < -0.4 is 10.0 Å². The maximum atomic E-state index is 12.5. The number of anilines is 1. The van der Waals surface area contributed by atoms with Crippen LogP contribution in [0.5, 0.6) is 0 Å². The van der Waals surface area contributed by atoms with Crippen LogP contribution in [0.1, 0.15) is 26.2 Å². The molecule has 1 saturated carbocycles. The predicted octanol–water partition coefficient (Wildman–Crippen LogP) is 2.08. The summed E-state index contributed by atoms with van der Waals surface area (Å²) in [5.41, 5.74) is 0.606. The lowest BCUT2D eigenvalue weighted by Crippen LogP contribution is -2.33. The number of rotatable bonds is 6. The van der Waals surface area contributed by atoms with Gasteiger partial charge in [-0.3, -0.25) is 4.98 Å². The third kappa shape index (κ3) is 3.65. The van der Waals surface area contributed by atoms with E-state index < -0.39 is 10.0 Å². The number of nitrogens with one attached hydrogen (secondary N) is 2. The highest BCUT2D eigenvalue weighted by molar-refractivity contribution is 7.99. The fraction of sp³-hybridized carbons (Fsp3) is 0.615. The van der Waals surface area contributed by atoms with Crippen molar-refractivity contribution in [2.45, 2.75) is 42.4 Å². The second kappa shape index (κ2) is 6.78. The Morgan fingerprint density at radius 2 is 2.25 bits per heavy atom. The molecule has 2 rings (SSSR count). The molecule has 0 radical (unpaired) electrons. The molecule has 7 heteroatoms. The zero-order valence-electron chi connectivity index (χ0n) is 11.8. The van der Waals surface area contributed by atoms with Gasteiger partial charge in [0.15, 0.2) is 0 Å².